The Kier molecular flexibility index (Phi) is 3.49. The largest absolute Gasteiger partial charge is 0.432 e. The van der Waals surface area contributed by atoms with Crippen LogP contribution in [0.15, 0.2) is 47.2 Å². The van der Waals surface area contributed by atoms with E-state index < -0.39 is 29.7 Å². The zero-order chi connectivity index (χ0) is 15.0. The highest BCUT2D eigenvalue weighted by molar-refractivity contribution is 5.97. The summed E-state index contributed by atoms with van der Waals surface area (Å²) >= 11 is 0. The van der Waals surface area contributed by atoms with Crippen LogP contribution in [0.5, 0.6) is 0 Å². The van der Waals surface area contributed by atoms with E-state index >= 15 is 0 Å². The van der Waals surface area contributed by atoms with Crippen LogP contribution in [0.1, 0.15) is 11.5 Å². The zero-order valence-corrected chi connectivity index (χ0v) is 9.76. The first-order valence-corrected chi connectivity index (χ1v) is 5.44. The molecule has 0 aliphatic carbocycles. The van der Waals surface area contributed by atoms with Crippen LogP contribution in [-0.4, -0.2) is 18.1 Å². The molecule has 0 radical (unpaired) electrons. The maximum atomic E-state index is 12.8. The third-order valence-electron chi connectivity index (χ3n) is 2.68. The van der Waals surface area contributed by atoms with Gasteiger partial charge in [0.05, 0.1) is 5.92 Å². The highest BCUT2D eigenvalue weighted by Gasteiger charge is 2.45. The van der Waals surface area contributed by atoms with Gasteiger partial charge in [-0.25, -0.2) is 0 Å². The van der Waals surface area contributed by atoms with Crippen molar-refractivity contribution in [2.75, 3.05) is 0 Å². The Hall–Kier alpha value is -1.99. The first-order chi connectivity index (χ1) is 9.19. The second kappa shape index (κ2) is 4.84. The molecule has 1 aromatic rings. The van der Waals surface area contributed by atoms with E-state index in [1.54, 1.807) is 6.07 Å². The van der Waals surface area contributed by atoms with Crippen LogP contribution in [0.3, 0.4) is 0 Å². The fourth-order valence-corrected chi connectivity index (χ4v) is 1.78. The molecule has 0 spiro atoms. The summed E-state index contributed by atoms with van der Waals surface area (Å²) in [7, 11) is 0. The summed E-state index contributed by atoms with van der Waals surface area (Å²) in [6.07, 6.45) is -9.11. The molecule has 1 unspecified atom stereocenters. The van der Waals surface area contributed by atoms with E-state index in [-0.39, 0.29) is 5.56 Å². The van der Waals surface area contributed by atoms with Crippen molar-refractivity contribution in [3.05, 3.63) is 47.7 Å². The molecule has 0 saturated heterocycles. The van der Waals surface area contributed by atoms with E-state index in [4.69, 9.17) is 0 Å². The number of halogens is 6. The van der Waals surface area contributed by atoms with E-state index in [0.29, 0.717) is 6.08 Å². The summed E-state index contributed by atoms with van der Waals surface area (Å²) in [5, 5.41) is 2.86. The van der Waals surface area contributed by atoms with Gasteiger partial charge in [-0.2, -0.15) is 31.4 Å². The summed E-state index contributed by atoms with van der Waals surface area (Å²) < 4.78 is 76.2. The lowest BCUT2D eigenvalue weighted by Crippen LogP contribution is -2.37. The molecule has 1 aliphatic heterocycles. The van der Waals surface area contributed by atoms with Gasteiger partial charge in [-0.05, 0) is 11.6 Å². The highest BCUT2D eigenvalue weighted by Crippen LogP contribution is 2.35. The normalized spacial score (nSPS) is 20.0. The predicted octanol–water partition coefficient (Wildman–Crippen LogP) is 3.74. The third-order valence-corrected chi connectivity index (χ3v) is 2.68. The average Bonchev–Trinajstić information content (AvgIpc) is 2.37. The monoisotopic (exact) mass is 294 g/mol. The first kappa shape index (κ1) is 14.4. The lowest BCUT2D eigenvalue weighted by molar-refractivity contribution is -0.0983. The number of nitrogens with zero attached hydrogens (tertiary/aromatic N) is 1. The summed E-state index contributed by atoms with van der Waals surface area (Å²) in [6, 6.07) is 7.10. The summed E-state index contributed by atoms with van der Waals surface area (Å²) in [4.78, 5) is 0. The number of rotatable bonds is 1. The molecule has 0 aromatic heterocycles. The van der Waals surface area contributed by atoms with E-state index in [2.05, 4.69) is 5.10 Å². The SMILES string of the molecule is FC(F)(F)C1=CC(c2ccccc2)C(C(F)(F)F)=NN1. The van der Waals surface area contributed by atoms with Gasteiger partial charge in [-0.3, -0.25) is 5.43 Å². The van der Waals surface area contributed by atoms with Gasteiger partial charge in [0.25, 0.3) is 0 Å². The third kappa shape index (κ3) is 2.94. The minimum absolute atomic E-state index is 0.0897. The van der Waals surface area contributed by atoms with Crippen molar-refractivity contribution in [3.8, 4) is 0 Å². The Labute approximate surface area is 109 Å². The molecule has 8 heteroatoms. The van der Waals surface area contributed by atoms with Crippen LogP contribution >= 0.6 is 0 Å². The number of nitrogens with one attached hydrogen (secondary N) is 1. The summed E-state index contributed by atoms with van der Waals surface area (Å²) in [6.45, 7) is 0. The minimum atomic E-state index is -4.82. The molecule has 2 nitrogen and oxygen atoms in total. The summed E-state index contributed by atoms with van der Waals surface area (Å²) in [5.41, 5.74) is -1.11. The average molecular weight is 294 g/mol. The molecular weight excluding hydrogens is 286 g/mol. The Morgan fingerprint density at radius 2 is 1.50 bits per heavy atom. The lowest BCUT2D eigenvalue weighted by Gasteiger charge is -2.25. The van der Waals surface area contributed by atoms with E-state index in [9.17, 15) is 26.3 Å². The number of hydrazone groups is 1. The number of allylic oxidation sites excluding steroid dienone is 2. The van der Waals surface area contributed by atoms with Crippen molar-refractivity contribution in [2.45, 2.75) is 18.3 Å². The molecule has 2 rings (SSSR count). The van der Waals surface area contributed by atoms with Gasteiger partial charge in [-0.15, -0.1) is 0 Å². The van der Waals surface area contributed by atoms with Crippen LogP contribution in [0.2, 0.25) is 0 Å². The zero-order valence-electron chi connectivity index (χ0n) is 9.76. The van der Waals surface area contributed by atoms with Crippen molar-refractivity contribution < 1.29 is 26.3 Å². The predicted molar refractivity (Wildman–Crippen MR) is 59.9 cm³/mol. The van der Waals surface area contributed by atoms with Crippen molar-refractivity contribution in [2.24, 2.45) is 5.10 Å². The van der Waals surface area contributed by atoms with Crippen LogP contribution in [0.25, 0.3) is 0 Å². The van der Waals surface area contributed by atoms with Gasteiger partial charge < -0.3 is 0 Å². The molecule has 1 heterocycles. The first-order valence-electron chi connectivity index (χ1n) is 5.44. The Morgan fingerprint density at radius 3 is 2.00 bits per heavy atom. The quantitative estimate of drug-likeness (QED) is 0.784. The van der Waals surface area contributed by atoms with Crippen LogP contribution < -0.4 is 5.43 Å². The minimum Gasteiger partial charge on any atom is -0.274 e. The van der Waals surface area contributed by atoms with Gasteiger partial charge in [0, 0.05) is 0 Å². The number of hydrogen-bond donors (Lipinski definition) is 1. The van der Waals surface area contributed by atoms with Crippen molar-refractivity contribution in [1.82, 2.24) is 5.43 Å². The van der Waals surface area contributed by atoms with E-state index in [1.165, 1.54) is 29.7 Å². The fourth-order valence-electron chi connectivity index (χ4n) is 1.78. The van der Waals surface area contributed by atoms with E-state index in [0.717, 1.165) is 0 Å². The second-order valence-electron chi connectivity index (χ2n) is 4.07. The molecule has 0 bridgehead atoms. The summed E-state index contributed by atoms with van der Waals surface area (Å²) in [5.74, 6) is -1.59. The second-order valence-corrected chi connectivity index (χ2v) is 4.07. The standard InChI is InChI=1S/C12H8F6N2/c13-11(14,15)9-6-8(7-4-2-1-3-5-7)10(20-19-9)12(16,17)18/h1-6,8,19H. The Balaban J connectivity index is 2.46. The van der Waals surface area contributed by atoms with Gasteiger partial charge in [0.1, 0.15) is 5.70 Å². The molecule has 1 aliphatic rings. The molecule has 1 atom stereocenters. The lowest BCUT2D eigenvalue weighted by atomic mass is 9.91. The molecule has 0 amide bonds. The molecule has 0 saturated carbocycles. The van der Waals surface area contributed by atoms with Crippen molar-refractivity contribution >= 4 is 5.71 Å². The number of hydrogen-bond acceptors (Lipinski definition) is 2. The van der Waals surface area contributed by atoms with Crippen LogP contribution in [0.4, 0.5) is 26.3 Å². The number of alkyl halides is 6. The van der Waals surface area contributed by atoms with Gasteiger partial charge in [-0.1, -0.05) is 30.3 Å². The van der Waals surface area contributed by atoms with Crippen molar-refractivity contribution in [1.29, 1.82) is 0 Å². The van der Waals surface area contributed by atoms with Gasteiger partial charge in [0.2, 0.25) is 0 Å². The number of benzene rings is 1. The maximum absolute atomic E-state index is 12.8. The van der Waals surface area contributed by atoms with Gasteiger partial charge in [0.15, 0.2) is 5.71 Å². The molecule has 1 N–H and O–H groups in total. The van der Waals surface area contributed by atoms with Crippen LogP contribution in [0, 0.1) is 0 Å². The molecule has 1 aromatic carbocycles. The highest BCUT2D eigenvalue weighted by atomic mass is 19.4. The molecule has 0 fully saturated rings. The topological polar surface area (TPSA) is 24.4 Å². The maximum Gasteiger partial charge on any atom is 0.432 e. The molecular formula is C12H8F6N2. The van der Waals surface area contributed by atoms with Crippen molar-refractivity contribution in [3.63, 3.8) is 0 Å². The fraction of sp³-hybridized carbons (Fsp3) is 0.250. The Morgan fingerprint density at radius 1 is 0.900 bits per heavy atom. The molecule has 20 heavy (non-hydrogen) atoms. The van der Waals surface area contributed by atoms with Gasteiger partial charge >= 0.3 is 12.4 Å². The smallest absolute Gasteiger partial charge is 0.274 e. The Bertz CT molecular complexity index is 541. The van der Waals surface area contributed by atoms with Crippen LogP contribution in [-0.2, 0) is 0 Å². The van der Waals surface area contributed by atoms with E-state index in [1.807, 2.05) is 0 Å². The molecule has 108 valence electrons.